The van der Waals surface area contributed by atoms with E-state index in [0.717, 1.165) is 16.5 Å². The van der Waals surface area contributed by atoms with Gasteiger partial charge in [0.25, 0.3) is 0 Å². The number of hydrogen-bond donors (Lipinski definition) is 9. The highest BCUT2D eigenvalue weighted by Gasteiger charge is 2.31. The van der Waals surface area contributed by atoms with Crippen LogP contribution in [0.1, 0.15) is 30.4 Å². The van der Waals surface area contributed by atoms with Crippen LogP contribution in [-0.2, 0) is 32.0 Å². The van der Waals surface area contributed by atoms with Crippen LogP contribution in [0.3, 0.4) is 0 Å². The molecule has 0 saturated heterocycles. The zero-order valence-electron chi connectivity index (χ0n) is 23.1. The van der Waals surface area contributed by atoms with E-state index < -0.39 is 47.9 Å². The Morgan fingerprint density at radius 2 is 1.50 bits per heavy atom. The molecule has 13 heteroatoms. The highest BCUT2D eigenvalue weighted by Crippen LogP contribution is 2.20. The Morgan fingerprint density at radius 3 is 2.17 bits per heavy atom. The molecule has 2 aromatic carbocycles. The third-order valence-corrected chi connectivity index (χ3v) is 7.23. The topological polar surface area (TPSA) is 213 Å². The Bertz CT molecular complexity index is 1360. The molecule has 0 aliphatic carbocycles. The summed E-state index contributed by atoms with van der Waals surface area (Å²) in [4.78, 5) is 54.8. The fourth-order valence-electron chi connectivity index (χ4n) is 4.47. The summed E-state index contributed by atoms with van der Waals surface area (Å²) in [5.74, 6) is -3.04. The van der Waals surface area contributed by atoms with E-state index in [0.29, 0.717) is 24.9 Å². The number of phenolic OH excluding ortho intramolecular Hbond substituents is 1. The van der Waals surface area contributed by atoms with Crippen LogP contribution in [0.25, 0.3) is 10.9 Å². The lowest BCUT2D eigenvalue weighted by Crippen LogP contribution is -2.58. The summed E-state index contributed by atoms with van der Waals surface area (Å²) in [6.45, 7) is 0.404. The summed E-state index contributed by atoms with van der Waals surface area (Å²) in [5, 5.41) is 28.1. The number of carbonyl (C=O) groups is 4. The minimum Gasteiger partial charge on any atom is -0.508 e. The molecular weight excluding hydrogens is 560 g/mol. The number of rotatable bonds is 16. The van der Waals surface area contributed by atoms with Crippen LogP contribution in [0, 0.1) is 0 Å². The monoisotopic (exact) mass is 598 g/mol. The van der Waals surface area contributed by atoms with Crippen molar-refractivity contribution < 1.29 is 29.4 Å². The molecule has 1 heterocycles. The Balaban J connectivity index is 1.86. The number of nitrogens with one attached hydrogen (secondary N) is 4. The molecule has 1 aromatic heterocycles. The Labute approximate surface area is 249 Å². The lowest BCUT2D eigenvalue weighted by Gasteiger charge is -2.25. The number of aliphatic carboxylic acids is 1. The van der Waals surface area contributed by atoms with Gasteiger partial charge in [0.1, 0.15) is 23.9 Å². The summed E-state index contributed by atoms with van der Waals surface area (Å²) in [6.07, 6.45) is 3.15. The van der Waals surface area contributed by atoms with Crippen molar-refractivity contribution in [3.05, 3.63) is 65.9 Å². The van der Waals surface area contributed by atoms with Gasteiger partial charge in [-0.15, -0.1) is 0 Å². The standard InChI is InChI=1S/C29H38N6O6S/c30-12-4-3-7-23(33-26(37)21(31)16-42)27(38)34-24(14-18-15-32-22-6-2-1-5-20(18)22)28(39)35-25(29(40)41)13-17-8-10-19(36)11-9-17/h1-2,5-6,8-11,15,21,23-25,32,36,42H,3-4,7,12-14,16,30-31H2,(H,33,37)(H,34,38)(H,35,39)(H,40,41). The van der Waals surface area contributed by atoms with Gasteiger partial charge in [0.2, 0.25) is 17.7 Å². The first-order chi connectivity index (χ1) is 20.1. The van der Waals surface area contributed by atoms with Crippen molar-refractivity contribution in [3.63, 3.8) is 0 Å². The fourth-order valence-corrected chi connectivity index (χ4v) is 4.63. The number of benzene rings is 2. The van der Waals surface area contributed by atoms with E-state index in [-0.39, 0.29) is 30.8 Å². The highest BCUT2D eigenvalue weighted by atomic mass is 32.1. The normalized spacial score (nSPS) is 14.0. The molecule has 0 spiro atoms. The number of nitrogens with two attached hydrogens (primary N) is 2. The number of unbranched alkanes of at least 4 members (excludes halogenated alkanes) is 1. The summed E-state index contributed by atoms with van der Waals surface area (Å²) >= 11 is 4.05. The van der Waals surface area contributed by atoms with E-state index in [1.807, 2.05) is 24.3 Å². The molecule has 3 rings (SSSR count). The molecule has 0 radical (unpaired) electrons. The predicted octanol–water partition coefficient (Wildman–Crippen LogP) is 0.584. The number of carboxylic acids is 1. The van der Waals surface area contributed by atoms with Crippen LogP contribution in [0.5, 0.6) is 5.75 Å². The number of aromatic nitrogens is 1. The fraction of sp³-hybridized carbons (Fsp3) is 0.379. The number of para-hydroxylation sites is 1. The van der Waals surface area contributed by atoms with Gasteiger partial charge in [-0.2, -0.15) is 12.6 Å². The van der Waals surface area contributed by atoms with Gasteiger partial charge >= 0.3 is 5.97 Å². The van der Waals surface area contributed by atoms with Crippen molar-refractivity contribution in [2.45, 2.75) is 56.3 Å². The molecule has 42 heavy (non-hydrogen) atoms. The van der Waals surface area contributed by atoms with Crippen LogP contribution in [0.4, 0.5) is 0 Å². The molecule has 3 amide bonds. The van der Waals surface area contributed by atoms with E-state index in [2.05, 4.69) is 33.6 Å². The first-order valence-electron chi connectivity index (χ1n) is 13.7. The van der Waals surface area contributed by atoms with Crippen molar-refractivity contribution in [1.82, 2.24) is 20.9 Å². The number of H-pyrrole nitrogens is 1. The zero-order chi connectivity index (χ0) is 30.6. The number of aromatic hydroxyl groups is 1. The molecular formula is C29H38N6O6S. The SMILES string of the molecule is NCCCCC(NC(=O)C(N)CS)C(=O)NC(Cc1c[nH]c2ccccc12)C(=O)NC(Cc1ccc(O)cc1)C(=O)O. The first kappa shape index (κ1) is 32.4. The second kappa shape index (κ2) is 15.8. The van der Waals surface area contributed by atoms with Gasteiger partial charge in [-0.05, 0) is 55.1 Å². The van der Waals surface area contributed by atoms with Gasteiger partial charge in [0.15, 0.2) is 0 Å². The molecule has 4 atom stereocenters. The minimum absolute atomic E-state index is 0.0274. The molecule has 0 saturated carbocycles. The van der Waals surface area contributed by atoms with Crippen molar-refractivity contribution in [2.75, 3.05) is 12.3 Å². The summed E-state index contributed by atoms with van der Waals surface area (Å²) in [6, 6.07) is 9.02. The highest BCUT2D eigenvalue weighted by molar-refractivity contribution is 7.80. The number of amides is 3. The molecule has 3 aromatic rings. The van der Waals surface area contributed by atoms with Gasteiger partial charge in [0, 0.05) is 35.7 Å². The quantitative estimate of drug-likeness (QED) is 0.0838. The van der Waals surface area contributed by atoms with Crippen molar-refractivity contribution >= 4 is 47.2 Å². The van der Waals surface area contributed by atoms with E-state index >= 15 is 0 Å². The van der Waals surface area contributed by atoms with Crippen molar-refractivity contribution in [3.8, 4) is 5.75 Å². The van der Waals surface area contributed by atoms with Crippen molar-refractivity contribution in [2.24, 2.45) is 11.5 Å². The second-order valence-corrected chi connectivity index (χ2v) is 10.4. The second-order valence-electron chi connectivity index (χ2n) is 10.0. The van der Waals surface area contributed by atoms with Gasteiger partial charge in [-0.25, -0.2) is 4.79 Å². The number of fused-ring (bicyclic) bond motifs is 1. The zero-order valence-corrected chi connectivity index (χ0v) is 24.0. The van der Waals surface area contributed by atoms with Gasteiger partial charge in [-0.3, -0.25) is 14.4 Å². The van der Waals surface area contributed by atoms with Crippen LogP contribution < -0.4 is 27.4 Å². The third-order valence-electron chi connectivity index (χ3n) is 6.84. The summed E-state index contributed by atoms with van der Waals surface area (Å²) < 4.78 is 0. The van der Waals surface area contributed by atoms with Crippen molar-refractivity contribution in [1.29, 1.82) is 0 Å². The van der Waals surface area contributed by atoms with Gasteiger partial charge in [-0.1, -0.05) is 30.3 Å². The Kier molecular flexibility index (Phi) is 12.2. The largest absolute Gasteiger partial charge is 0.508 e. The number of hydrogen-bond acceptors (Lipinski definition) is 8. The minimum atomic E-state index is -1.31. The Hall–Kier alpha value is -4.07. The van der Waals surface area contributed by atoms with Crippen LogP contribution in [0.15, 0.2) is 54.7 Å². The van der Waals surface area contributed by atoms with Crippen LogP contribution in [-0.4, -0.2) is 75.4 Å². The van der Waals surface area contributed by atoms with Gasteiger partial charge in [0.05, 0.1) is 6.04 Å². The van der Waals surface area contributed by atoms with E-state index in [1.165, 1.54) is 12.1 Å². The first-order valence-corrected chi connectivity index (χ1v) is 14.3. The summed E-state index contributed by atoms with van der Waals surface area (Å²) in [7, 11) is 0. The molecule has 10 N–H and O–H groups in total. The van der Waals surface area contributed by atoms with Crippen LogP contribution >= 0.6 is 12.6 Å². The van der Waals surface area contributed by atoms with E-state index in [4.69, 9.17) is 11.5 Å². The molecule has 226 valence electrons. The maximum Gasteiger partial charge on any atom is 0.326 e. The Morgan fingerprint density at radius 1 is 0.857 bits per heavy atom. The van der Waals surface area contributed by atoms with Gasteiger partial charge < -0.3 is 42.6 Å². The smallest absolute Gasteiger partial charge is 0.326 e. The lowest BCUT2D eigenvalue weighted by atomic mass is 10.0. The molecule has 12 nitrogen and oxygen atoms in total. The number of phenols is 1. The third kappa shape index (κ3) is 9.23. The average molecular weight is 599 g/mol. The predicted molar refractivity (Wildman–Crippen MR) is 162 cm³/mol. The maximum absolute atomic E-state index is 13.6. The molecule has 0 fully saturated rings. The number of aromatic amines is 1. The number of carbonyl (C=O) groups excluding carboxylic acids is 3. The molecule has 0 aliphatic heterocycles. The molecule has 4 unspecified atom stereocenters. The molecule has 0 bridgehead atoms. The number of thiol groups is 1. The molecule has 0 aliphatic rings. The average Bonchev–Trinajstić information content (AvgIpc) is 3.39. The number of carboxylic acid groups (broad SMARTS) is 1. The van der Waals surface area contributed by atoms with E-state index in [1.54, 1.807) is 18.3 Å². The maximum atomic E-state index is 13.6. The lowest BCUT2D eigenvalue weighted by molar-refractivity contribution is -0.142. The van der Waals surface area contributed by atoms with Crippen LogP contribution in [0.2, 0.25) is 0 Å². The summed E-state index contributed by atoms with van der Waals surface area (Å²) in [5.41, 5.74) is 13.5. The van der Waals surface area contributed by atoms with E-state index in [9.17, 15) is 29.4 Å².